The second kappa shape index (κ2) is 5.87. The first kappa shape index (κ1) is 15.9. The van der Waals surface area contributed by atoms with Gasteiger partial charge >= 0.3 is 0 Å². The van der Waals surface area contributed by atoms with Crippen LogP contribution in [0.4, 0.5) is 5.82 Å². The molecule has 7 N–H and O–H groups in total. The quantitative estimate of drug-likeness (QED) is 0.192. The number of benzene rings is 4. The van der Waals surface area contributed by atoms with Gasteiger partial charge in [0.2, 0.25) is 0 Å². The van der Waals surface area contributed by atoms with Crippen LogP contribution in [0.5, 0.6) is 0 Å². The Morgan fingerprint density at radius 1 is 0.643 bits per heavy atom. The average molecular weight is 360 g/mol. The van der Waals surface area contributed by atoms with Gasteiger partial charge in [-0.05, 0) is 63.7 Å². The van der Waals surface area contributed by atoms with Gasteiger partial charge in [0.05, 0.1) is 0 Å². The van der Waals surface area contributed by atoms with Crippen LogP contribution in [0.2, 0.25) is 0 Å². The number of aromatic nitrogens is 1. The third-order valence-corrected chi connectivity index (χ3v) is 5.14. The lowest BCUT2D eigenvalue weighted by Crippen LogP contribution is -1.93. The third-order valence-electron chi connectivity index (χ3n) is 5.14. The number of hydrogen-bond donors (Lipinski definition) is 4. The van der Waals surface area contributed by atoms with Gasteiger partial charge in [-0.2, -0.15) is 0 Å². The Bertz CT molecular complexity index is 1430. The second-order valence-electron chi connectivity index (χ2n) is 6.74. The Morgan fingerprint density at radius 3 is 1.68 bits per heavy atom. The van der Waals surface area contributed by atoms with Gasteiger partial charge < -0.3 is 22.2 Å². The van der Waals surface area contributed by atoms with Crippen molar-refractivity contribution in [3.8, 4) is 23.9 Å². The summed E-state index contributed by atoms with van der Waals surface area (Å²) in [4.78, 5) is 3.19. The van der Waals surface area contributed by atoms with E-state index in [1.165, 1.54) is 0 Å². The molecule has 28 heavy (non-hydrogen) atoms. The highest BCUT2D eigenvalue weighted by atomic mass is 14.8. The lowest BCUT2D eigenvalue weighted by molar-refractivity contribution is 1.48. The third kappa shape index (κ3) is 2.23. The van der Waals surface area contributed by atoms with E-state index in [1.54, 1.807) is 0 Å². The van der Waals surface area contributed by atoms with E-state index >= 15 is 0 Å². The van der Waals surface area contributed by atoms with Crippen LogP contribution in [0.25, 0.3) is 43.2 Å². The summed E-state index contributed by atoms with van der Waals surface area (Å²) in [7, 11) is 0. The molecule has 5 rings (SSSR count). The Kier molecular flexibility index (Phi) is 3.34. The average Bonchev–Trinajstić information content (AvgIpc) is 3.07. The van der Waals surface area contributed by atoms with E-state index in [2.05, 4.69) is 65.3 Å². The molecule has 0 radical (unpaired) electrons. The van der Waals surface area contributed by atoms with Crippen LogP contribution in [0.3, 0.4) is 0 Å². The first-order valence-electron chi connectivity index (χ1n) is 8.83. The van der Waals surface area contributed by atoms with E-state index in [1.807, 2.05) is 18.2 Å². The molecule has 0 aliphatic heterocycles. The zero-order valence-corrected chi connectivity index (χ0v) is 14.9. The van der Waals surface area contributed by atoms with Gasteiger partial charge in [0.1, 0.15) is 5.82 Å². The van der Waals surface area contributed by atoms with Gasteiger partial charge in [-0.15, -0.1) is 0 Å². The lowest BCUT2D eigenvalue weighted by Gasteiger charge is -2.12. The normalized spacial score (nSPS) is 10.7. The largest absolute Gasteiger partial charge is 0.385 e. The molecular weight excluding hydrogens is 344 g/mol. The summed E-state index contributed by atoms with van der Waals surface area (Å²) in [5.41, 5.74) is 19.9. The molecule has 0 aliphatic rings. The van der Waals surface area contributed by atoms with E-state index in [0.717, 1.165) is 54.3 Å². The molecule has 1 heterocycles. The molecule has 0 fully saturated rings. The van der Waals surface area contributed by atoms with Crippen molar-refractivity contribution in [2.75, 3.05) is 5.73 Å². The summed E-state index contributed by atoms with van der Waals surface area (Å²) in [6, 6.07) is 23.7. The van der Waals surface area contributed by atoms with Gasteiger partial charge in [-0.3, -0.25) is 0 Å². The summed E-state index contributed by atoms with van der Waals surface area (Å²) in [5.74, 6) is 6.82. The SMILES string of the molecule is NC#Cc1c2cc3ccccc3cc2c(C#CN)c2cc3[nH]c(N)cc3cc12. The molecule has 4 nitrogen and oxygen atoms in total. The fourth-order valence-corrected chi connectivity index (χ4v) is 3.97. The Balaban J connectivity index is 2.11. The van der Waals surface area contributed by atoms with E-state index in [9.17, 15) is 0 Å². The minimum atomic E-state index is 0.610. The number of fused-ring (bicyclic) bond motifs is 4. The van der Waals surface area contributed by atoms with Gasteiger partial charge in [0.15, 0.2) is 0 Å². The van der Waals surface area contributed by atoms with Crippen molar-refractivity contribution < 1.29 is 0 Å². The summed E-state index contributed by atoms with van der Waals surface area (Å²) in [6.07, 6.45) is 0. The van der Waals surface area contributed by atoms with Crippen LogP contribution < -0.4 is 17.2 Å². The first-order chi connectivity index (χ1) is 13.7. The number of H-pyrrole nitrogens is 1. The zero-order valence-electron chi connectivity index (χ0n) is 14.9. The molecule has 4 aromatic carbocycles. The maximum atomic E-state index is 5.96. The predicted octanol–water partition coefficient (Wildman–Crippen LogP) is 3.75. The van der Waals surface area contributed by atoms with Crippen molar-refractivity contribution in [3.63, 3.8) is 0 Å². The van der Waals surface area contributed by atoms with Crippen molar-refractivity contribution >= 4 is 49.0 Å². The number of rotatable bonds is 0. The molecular formula is C24H16N4. The maximum Gasteiger partial charge on any atom is 0.101 e. The number of nitrogens with one attached hydrogen (secondary N) is 1. The number of nitrogens with two attached hydrogens (primary N) is 3. The summed E-state index contributed by atoms with van der Waals surface area (Å²) in [6.45, 7) is 0. The standard InChI is InChI=1S/C24H16N4/c25-7-5-17-19-9-14-3-1-2-4-15(14)10-20(19)18(6-8-26)22-13-23-16(11-21(17)22)12-24(27)28-23/h1-4,9-13,28H,25-27H2. The van der Waals surface area contributed by atoms with E-state index in [0.29, 0.717) is 5.82 Å². The minimum absolute atomic E-state index is 0.610. The molecule has 4 heteroatoms. The Hall–Kier alpha value is -4.28. The van der Waals surface area contributed by atoms with E-state index in [4.69, 9.17) is 17.2 Å². The fourth-order valence-electron chi connectivity index (χ4n) is 3.97. The first-order valence-corrected chi connectivity index (χ1v) is 8.83. The monoisotopic (exact) mass is 360 g/mol. The Labute approximate surface area is 161 Å². The molecule has 0 saturated carbocycles. The molecule has 0 spiro atoms. The number of anilines is 1. The number of aromatic amines is 1. The molecule has 0 bridgehead atoms. The van der Waals surface area contributed by atoms with Crippen LogP contribution >= 0.6 is 0 Å². The minimum Gasteiger partial charge on any atom is -0.385 e. The lowest BCUT2D eigenvalue weighted by atomic mass is 9.89. The van der Waals surface area contributed by atoms with Crippen molar-refractivity contribution in [1.29, 1.82) is 0 Å². The number of nitrogen functional groups attached to an aromatic ring is 1. The predicted molar refractivity (Wildman–Crippen MR) is 117 cm³/mol. The van der Waals surface area contributed by atoms with Crippen molar-refractivity contribution in [2.45, 2.75) is 0 Å². The highest BCUT2D eigenvalue weighted by Gasteiger charge is 2.15. The van der Waals surface area contributed by atoms with Crippen LogP contribution in [0.15, 0.2) is 54.6 Å². The van der Waals surface area contributed by atoms with Gasteiger partial charge in [0, 0.05) is 44.9 Å². The van der Waals surface area contributed by atoms with Gasteiger partial charge in [0.25, 0.3) is 0 Å². The van der Waals surface area contributed by atoms with Crippen LogP contribution in [-0.2, 0) is 0 Å². The highest BCUT2D eigenvalue weighted by Crippen LogP contribution is 2.37. The van der Waals surface area contributed by atoms with Gasteiger partial charge in [-0.25, -0.2) is 0 Å². The summed E-state index contributed by atoms with van der Waals surface area (Å²) >= 11 is 0. The molecule has 0 amide bonds. The van der Waals surface area contributed by atoms with Crippen LogP contribution in [0, 0.1) is 23.9 Å². The smallest absolute Gasteiger partial charge is 0.101 e. The Morgan fingerprint density at radius 2 is 1.14 bits per heavy atom. The zero-order chi connectivity index (χ0) is 19.3. The molecule has 0 aliphatic carbocycles. The van der Waals surface area contributed by atoms with Crippen molar-refractivity contribution in [2.24, 2.45) is 11.5 Å². The van der Waals surface area contributed by atoms with E-state index < -0.39 is 0 Å². The molecule has 0 saturated heterocycles. The van der Waals surface area contributed by atoms with E-state index in [-0.39, 0.29) is 0 Å². The van der Waals surface area contributed by atoms with Gasteiger partial charge in [-0.1, -0.05) is 24.3 Å². The second-order valence-corrected chi connectivity index (χ2v) is 6.74. The molecule has 0 unspecified atom stereocenters. The molecule has 132 valence electrons. The number of hydrogen-bond acceptors (Lipinski definition) is 3. The summed E-state index contributed by atoms with van der Waals surface area (Å²) < 4.78 is 0. The molecule has 5 aromatic rings. The van der Waals surface area contributed by atoms with Crippen molar-refractivity contribution in [3.05, 3.63) is 65.7 Å². The highest BCUT2D eigenvalue weighted by molar-refractivity contribution is 6.16. The van der Waals surface area contributed by atoms with Crippen molar-refractivity contribution in [1.82, 2.24) is 4.98 Å². The van der Waals surface area contributed by atoms with Crippen LogP contribution in [0.1, 0.15) is 11.1 Å². The maximum absolute atomic E-state index is 5.96. The summed E-state index contributed by atoms with van der Waals surface area (Å²) in [5, 5.41) is 7.22. The molecule has 1 aromatic heterocycles. The van der Waals surface area contributed by atoms with Crippen LogP contribution in [-0.4, -0.2) is 4.98 Å². The molecule has 0 atom stereocenters. The fraction of sp³-hybridized carbons (Fsp3) is 0. The topological polar surface area (TPSA) is 93.8 Å².